The molecule has 2 aliphatic heterocycles. The second kappa shape index (κ2) is 15.0. The van der Waals surface area contributed by atoms with Crippen LogP contribution >= 0.6 is 0 Å². The first-order valence-corrected chi connectivity index (χ1v) is 22.7. The predicted molar refractivity (Wildman–Crippen MR) is 275 cm³/mol. The molecule has 0 spiro atoms. The molecule has 0 aromatic heterocycles. The van der Waals surface area contributed by atoms with Gasteiger partial charge >= 0.3 is 0 Å². The average molecular weight is 821 g/mol. The van der Waals surface area contributed by atoms with Crippen LogP contribution in [0.4, 0.5) is 28.4 Å². The number of benzene rings is 8. The molecule has 2 heterocycles. The molecule has 0 bridgehead atoms. The van der Waals surface area contributed by atoms with E-state index in [9.17, 15) is 0 Å². The summed E-state index contributed by atoms with van der Waals surface area (Å²) in [6.07, 6.45) is 26.4. The van der Waals surface area contributed by atoms with Crippen LogP contribution in [-0.4, -0.2) is 0 Å². The van der Waals surface area contributed by atoms with E-state index >= 15 is 0 Å². The first-order valence-electron chi connectivity index (χ1n) is 22.7. The Bertz CT molecular complexity index is 3440. The normalized spacial score (nSPS) is 15.7. The Morgan fingerprint density at radius 1 is 0.531 bits per heavy atom. The van der Waals surface area contributed by atoms with Crippen LogP contribution in [0.2, 0.25) is 0 Å². The average Bonchev–Trinajstić information content (AvgIpc) is 3.47. The number of rotatable bonds is 6. The SMILES string of the molecule is C/C=C\C=C/C1=CC=Cc2ccccc2N1c1ccc2ccc3c4c(ccc1c24)CCC=3/C=C/c1ccc2c(c1)C(C)(C)c1cc(N3c4ccccc4C=Cc4ccccc43)ccc1-2. The summed E-state index contributed by atoms with van der Waals surface area (Å²) in [5, 5.41) is 6.65. The summed E-state index contributed by atoms with van der Waals surface area (Å²) in [7, 11) is 0. The van der Waals surface area contributed by atoms with E-state index < -0.39 is 0 Å². The lowest BCUT2D eigenvalue weighted by Gasteiger charge is -2.29. The molecule has 12 rings (SSSR count). The van der Waals surface area contributed by atoms with Gasteiger partial charge in [-0.15, -0.1) is 0 Å². The van der Waals surface area contributed by atoms with Gasteiger partial charge in [0.05, 0.1) is 22.7 Å². The zero-order valence-electron chi connectivity index (χ0n) is 36.5. The van der Waals surface area contributed by atoms with Crippen molar-refractivity contribution in [2.45, 2.75) is 39.0 Å². The highest BCUT2D eigenvalue weighted by atomic mass is 15.2. The molecule has 8 aromatic rings. The van der Waals surface area contributed by atoms with Gasteiger partial charge in [0.25, 0.3) is 0 Å². The zero-order valence-corrected chi connectivity index (χ0v) is 36.5. The topological polar surface area (TPSA) is 6.48 Å². The molecule has 2 nitrogen and oxygen atoms in total. The number of hydrogen-bond acceptors (Lipinski definition) is 2. The molecule has 64 heavy (non-hydrogen) atoms. The predicted octanol–water partition coefficient (Wildman–Crippen LogP) is 16.0. The number of nitrogens with zero attached hydrogens (tertiary/aromatic N) is 2. The summed E-state index contributed by atoms with van der Waals surface area (Å²) in [5.41, 5.74) is 20.0. The van der Waals surface area contributed by atoms with E-state index in [0.29, 0.717) is 0 Å². The summed E-state index contributed by atoms with van der Waals surface area (Å²) < 4.78 is 0. The number of allylic oxidation sites excluding steroid dienone is 7. The third-order valence-corrected chi connectivity index (χ3v) is 14.0. The molecule has 306 valence electrons. The van der Waals surface area contributed by atoms with Crippen molar-refractivity contribution in [3.8, 4) is 11.1 Å². The van der Waals surface area contributed by atoms with Crippen molar-refractivity contribution in [2.75, 3.05) is 9.80 Å². The second-order valence-electron chi connectivity index (χ2n) is 18.0. The standard InChI is InChI=1S/C62H48N2/c1-4-5-6-18-48-19-13-17-43-14-7-10-20-56(43)63(48)59-38-32-47-30-35-50-42(26-29-46-31-36-53(59)61(47)60(46)50)25-23-41-24-34-51-52-37-33-49(40-55(52)62(2,3)54(51)39-41)64-57-21-11-8-15-44(57)27-28-45-16-9-12-22-58(45)64/h4-25,27-28,30-40H,26,29H2,1-3H3/b5-4-,18-6-,25-23+. The maximum Gasteiger partial charge on any atom is 0.0540 e. The minimum absolute atomic E-state index is 0.167. The van der Waals surface area contributed by atoms with Crippen molar-refractivity contribution in [1.29, 1.82) is 0 Å². The Balaban J connectivity index is 0.924. The van der Waals surface area contributed by atoms with Crippen molar-refractivity contribution in [3.05, 3.63) is 238 Å². The highest BCUT2D eigenvalue weighted by Crippen LogP contribution is 2.52. The van der Waals surface area contributed by atoms with Gasteiger partial charge in [-0.25, -0.2) is 0 Å². The molecule has 0 fully saturated rings. The lowest BCUT2D eigenvalue weighted by molar-refractivity contribution is 0.660. The summed E-state index contributed by atoms with van der Waals surface area (Å²) in [5.74, 6) is 0. The van der Waals surface area contributed by atoms with Gasteiger partial charge in [-0.3, -0.25) is 0 Å². The van der Waals surface area contributed by atoms with E-state index in [1.165, 1.54) is 111 Å². The zero-order chi connectivity index (χ0) is 42.9. The van der Waals surface area contributed by atoms with Gasteiger partial charge in [0.15, 0.2) is 0 Å². The summed E-state index contributed by atoms with van der Waals surface area (Å²) in [6.45, 7) is 6.85. The van der Waals surface area contributed by atoms with Crippen LogP contribution in [-0.2, 0) is 11.8 Å². The van der Waals surface area contributed by atoms with Gasteiger partial charge in [-0.1, -0.05) is 178 Å². The minimum Gasteiger partial charge on any atom is -0.309 e. The van der Waals surface area contributed by atoms with Crippen molar-refractivity contribution >= 4 is 79.9 Å². The van der Waals surface area contributed by atoms with Gasteiger partial charge in [-0.05, 0) is 145 Å². The van der Waals surface area contributed by atoms with Crippen molar-refractivity contribution in [1.82, 2.24) is 0 Å². The number of anilines is 5. The Kier molecular flexibility index (Phi) is 8.91. The van der Waals surface area contributed by atoms with Gasteiger partial charge in [0, 0.05) is 22.2 Å². The summed E-state index contributed by atoms with van der Waals surface area (Å²) >= 11 is 0. The van der Waals surface area contributed by atoms with E-state index in [-0.39, 0.29) is 5.41 Å². The third kappa shape index (κ3) is 6.01. The van der Waals surface area contributed by atoms with Crippen LogP contribution in [0, 0.1) is 0 Å². The van der Waals surface area contributed by atoms with Crippen molar-refractivity contribution in [3.63, 3.8) is 0 Å². The van der Waals surface area contributed by atoms with E-state index in [4.69, 9.17) is 0 Å². The van der Waals surface area contributed by atoms with Crippen molar-refractivity contribution in [2.24, 2.45) is 0 Å². The van der Waals surface area contributed by atoms with E-state index in [1.54, 1.807) is 0 Å². The van der Waals surface area contributed by atoms with Crippen LogP contribution in [0.5, 0.6) is 0 Å². The Hall–Kier alpha value is -7.68. The van der Waals surface area contributed by atoms with Gasteiger partial charge in [0.1, 0.15) is 0 Å². The first-order chi connectivity index (χ1) is 31.5. The molecular weight excluding hydrogens is 773 g/mol. The number of fused-ring (bicyclic) bond motifs is 6. The van der Waals surface area contributed by atoms with Gasteiger partial charge in [-0.2, -0.15) is 0 Å². The summed E-state index contributed by atoms with van der Waals surface area (Å²) in [6, 6.07) is 54.5. The molecule has 0 radical (unpaired) electrons. The van der Waals surface area contributed by atoms with E-state index in [0.717, 1.165) is 18.5 Å². The molecule has 0 amide bonds. The van der Waals surface area contributed by atoms with Gasteiger partial charge < -0.3 is 9.80 Å². The summed E-state index contributed by atoms with van der Waals surface area (Å²) in [4.78, 5) is 4.87. The quantitative estimate of drug-likeness (QED) is 0.154. The number of aryl methyl sites for hydroxylation is 1. The molecule has 0 unspecified atom stereocenters. The fourth-order valence-corrected chi connectivity index (χ4v) is 10.8. The molecule has 2 aliphatic carbocycles. The van der Waals surface area contributed by atoms with E-state index in [2.05, 4.69) is 243 Å². The fraction of sp³-hybridized carbons (Fsp3) is 0.0968. The monoisotopic (exact) mass is 820 g/mol. The molecule has 0 atom stereocenters. The molecular formula is C62H48N2. The maximum absolute atomic E-state index is 2.44. The molecule has 0 saturated heterocycles. The van der Waals surface area contributed by atoms with Crippen LogP contribution < -0.4 is 15.0 Å². The fourth-order valence-electron chi connectivity index (χ4n) is 10.8. The van der Waals surface area contributed by atoms with Crippen LogP contribution in [0.15, 0.2) is 194 Å². The lowest BCUT2D eigenvalue weighted by Crippen LogP contribution is -2.18. The first kappa shape index (κ1) is 38.0. The lowest BCUT2D eigenvalue weighted by atomic mass is 9.81. The Morgan fingerprint density at radius 3 is 1.95 bits per heavy atom. The molecule has 8 aromatic carbocycles. The Labute approximate surface area is 376 Å². The van der Waals surface area contributed by atoms with Gasteiger partial charge in [0.2, 0.25) is 0 Å². The third-order valence-electron chi connectivity index (χ3n) is 14.0. The highest BCUT2D eigenvalue weighted by Gasteiger charge is 2.36. The Morgan fingerprint density at radius 2 is 1.20 bits per heavy atom. The molecule has 0 saturated carbocycles. The smallest absolute Gasteiger partial charge is 0.0540 e. The minimum atomic E-state index is -0.167. The maximum atomic E-state index is 2.44. The molecule has 2 heteroatoms. The van der Waals surface area contributed by atoms with Crippen molar-refractivity contribution < 1.29 is 0 Å². The number of hydrogen-bond donors (Lipinski definition) is 0. The second-order valence-corrected chi connectivity index (χ2v) is 18.0. The largest absolute Gasteiger partial charge is 0.309 e. The molecule has 0 N–H and O–H groups in total. The number of para-hydroxylation sites is 3. The highest BCUT2D eigenvalue weighted by molar-refractivity contribution is 6.17. The van der Waals surface area contributed by atoms with Crippen LogP contribution in [0.25, 0.3) is 62.5 Å². The van der Waals surface area contributed by atoms with Crippen LogP contribution in [0.3, 0.4) is 0 Å². The van der Waals surface area contributed by atoms with Crippen LogP contribution in [0.1, 0.15) is 66.1 Å². The molecule has 4 aliphatic rings. The van der Waals surface area contributed by atoms with E-state index in [1.807, 2.05) is 0 Å².